The number of hydrogen-bond donors (Lipinski definition) is 1. The molecule has 0 unspecified atom stereocenters. The number of aromatic nitrogens is 3. The zero-order chi connectivity index (χ0) is 24.2. The summed E-state index contributed by atoms with van der Waals surface area (Å²) in [6.07, 6.45) is 5.44. The minimum atomic E-state index is -0.115. The third kappa shape index (κ3) is 5.14. The summed E-state index contributed by atoms with van der Waals surface area (Å²) in [4.78, 5) is 30.9. The van der Waals surface area contributed by atoms with Gasteiger partial charge in [-0.05, 0) is 61.4 Å². The average molecular weight is 465 g/mol. The maximum Gasteiger partial charge on any atom is 0.251 e. The van der Waals surface area contributed by atoms with Crippen molar-refractivity contribution in [3.05, 3.63) is 89.8 Å². The van der Waals surface area contributed by atoms with Crippen LogP contribution >= 0.6 is 0 Å². The molecule has 1 aliphatic heterocycles. The fraction of sp³-hybridized carbons (Fsp3) is 0.214. The molecular formula is C28H28N6O. The number of nitrogens with one attached hydrogen (secondary N) is 1. The number of rotatable bonds is 5. The highest BCUT2D eigenvalue weighted by Gasteiger charge is 2.20. The predicted molar refractivity (Wildman–Crippen MR) is 142 cm³/mol. The standard InChI is InChI=1S/C28H28N6O/c1-20-18-26(33-13-15-34(16-14-33)28-29-11-6-12-30-28)32-25-10-9-23(19-24(20)25)31-27(35)21(2)17-22-7-4-3-5-8-22/h3-12,17-19H,13-16H2,1-2H3,(H,31,35). The number of aryl methyl sites for hydroxylation is 1. The molecule has 176 valence electrons. The van der Waals surface area contributed by atoms with Crippen LogP contribution in [0.25, 0.3) is 17.0 Å². The number of hydrogen-bond acceptors (Lipinski definition) is 6. The van der Waals surface area contributed by atoms with Gasteiger partial charge in [-0.1, -0.05) is 30.3 Å². The van der Waals surface area contributed by atoms with Gasteiger partial charge in [0.05, 0.1) is 5.52 Å². The highest BCUT2D eigenvalue weighted by Crippen LogP contribution is 2.26. The van der Waals surface area contributed by atoms with Crippen molar-refractivity contribution in [1.82, 2.24) is 15.0 Å². The van der Waals surface area contributed by atoms with Gasteiger partial charge in [0.15, 0.2) is 0 Å². The number of piperazine rings is 1. The lowest BCUT2D eigenvalue weighted by molar-refractivity contribution is -0.112. The van der Waals surface area contributed by atoms with E-state index in [9.17, 15) is 4.79 Å². The van der Waals surface area contributed by atoms with Crippen molar-refractivity contribution in [2.45, 2.75) is 13.8 Å². The average Bonchev–Trinajstić information content (AvgIpc) is 2.90. The van der Waals surface area contributed by atoms with Gasteiger partial charge < -0.3 is 15.1 Å². The summed E-state index contributed by atoms with van der Waals surface area (Å²) < 4.78 is 0. The van der Waals surface area contributed by atoms with Gasteiger partial charge in [-0.3, -0.25) is 4.79 Å². The quantitative estimate of drug-likeness (QED) is 0.432. The van der Waals surface area contributed by atoms with Crippen LogP contribution in [0.2, 0.25) is 0 Å². The Morgan fingerprint density at radius 2 is 1.63 bits per heavy atom. The Labute approximate surface area is 205 Å². The molecule has 1 saturated heterocycles. The molecule has 2 aromatic heterocycles. The molecule has 0 aliphatic carbocycles. The summed E-state index contributed by atoms with van der Waals surface area (Å²) in [6.45, 7) is 7.34. The molecule has 0 saturated carbocycles. The van der Waals surface area contributed by atoms with E-state index in [2.05, 4.69) is 38.1 Å². The second-order valence-corrected chi connectivity index (χ2v) is 8.74. The first kappa shape index (κ1) is 22.5. The highest BCUT2D eigenvalue weighted by atomic mass is 16.1. The Bertz CT molecular complexity index is 1360. The Hall–Kier alpha value is -4.26. The molecule has 0 radical (unpaired) electrons. The number of benzene rings is 2. The number of carbonyl (C=O) groups excluding carboxylic acids is 1. The summed E-state index contributed by atoms with van der Waals surface area (Å²) in [5, 5.41) is 4.05. The maximum atomic E-state index is 12.7. The van der Waals surface area contributed by atoms with Crippen molar-refractivity contribution < 1.29 is 4.79 Å². The van der Waals surface area contributed by atoms with Gasteiger partial charge in [0.25, 0.3) is 5.91 Å². The van der Waals surface area contributed by atoms with Crippen molar-refractivity contribution in [2.24, 2.45) is 0 Å². The fourth-order valence-corrected chi connectivity index (χ4v) is 4.30. The van der Waals surface area contributed by atoms with Gasteiger partial charge in [-0.2, -0.15) is 0 Å². The van der Waals surface area contributed by atoms with Crippen LogP contribution in [0.1, 0.15) is 18.1 Å². The third-order valence-corrected chi connectivity index (χ3v) is 6.24. The Kier molecular flexibility index (Phi) is 6.39. The molecule has 1 N–H and O–H groups in total. The first-order valence-electron chi connectivity index (χ1n) is 11.8. The summed E-state index contributed by atoms with van der Waals surface area (Å²) in [5.41, 5.74) is 4.47. The van der Waals surface area contributed by atoms with Crippen molar-refractivity contribution in [3.8, 4) is 0 Å². The molecule has 7 nitrogen and oxygen atoms in total. The van der Waals surface area contributed by atoms with Crippen LogP contribution in [-0.2, 0) is 4.79 Å². The van der Waals surface area contributed by atoms with E-state index < -0.39 is 0 Å². The monoisotopic (exact) mass is 464 g/mol. The largest absolute Gasteiger partial charge is 0.353 e. The highest BCUT2D eigenvalue weighted by molar-refractivity contribution is 6.07. The number of carbonyl (C=O) groups is 1. The summed E-state index contributed by atoms with van der Waals surface area (Å²) in [7, 11) is 0. The van der Waals surface area contributed by atoms with E-state index in [4.69, 9.17) is 4.98 Å². The van der Waals surface area contributed by atoms with Gasteiger partial charge in [-0.25, -0.2) is 15.0 Å². The molecule has 7 heteroatoms. The lowest BCUT2D eigenvalue weighted by Gasteiger charge is -2.35. The molecule has 0 spiro atoms. The SMILES string of the molecule is CC(=Cc1ccccc1)C(=O)Nc1ccc2nc(N3CCN(c4ncccn4)CC3)cc(C)c2c1. The van der Waals surface area contributed by atoms with Crippen molar-refractivity contribution in [3.63, 3.8) is 0 Å². The van der Waals surface area contributed by atoms with Crippen LogP contribution in [0, 0.1) is 6.92 Å². The van der Waals surface area contributed by atoms with Crippen molar-refractivity contribution >= 4 is 40.3 Å². The first-order valence-corrected chi connectivity index (χ1v) is 11.8. The first-order chi connectivity index (χ1) is 17.1. The minimum absolute atomic E-state index is 0.115. The molecule has 1 aliphatic rings. The van der Waals surface area contributed by atoms with Crippen LogP contribution in [-0.4, -0.2) is 47.0 Å². The molecule has 1 amide bonds. The minimum Gasteiger partial charge on any atom is -0.353 e. The zero-order valence-electron chi connectivity index (χ0n) is 20.0. The number of pyridine rings is 1. The van der Waals surface area contributed by atoms with E-state index in [1.165, 1.54) is 0 Å². The van der Waals surface area contributed by atoms with Gasteiger partial charge in [0, 0.05) is 55.2 Å². The molecule has 0 atom stereocenters. The van der Waals surface area contributed by atoms with E-state index in [0.717, 1.165) is 65.7 Å². The second kappa shape index (κ2) is 9.93. The number of fused-ring (bicyclic) bond motifs is 1. The van der Waals surface area contributed by atoms with Crippen LogP contribution in [0.5, 0.6) is 0 Å². The normalized spacial score (nSPS) is 14.3. The molecule has 1 fully saturated rings. The van der Waals surface area contributed by atoms with Crippen LogP contribution in [0.4, 0.5) is 17.5 Å². The van der Waals surface area contributed by atoms with E-state index in [1.807, 2.05) is 67.6 Å². The molecular weight excluding hydrogens is 436 g/mol. The maximum absolute atomic E-state index is 12.7. The van der Waals surface area contributed by atoms with Crippen LogP contribution in [0.15, 0.2) is 78.6 Å². The summed E-state index contributed by atoms with van der Waals surface area (Å²) in [6, 6.07) is 19.7. The van der Waals surface area contributed by atoms with Crippen molar-refractivity contribution in [1.29, 1.82) is 0 Å². The topological polar surface area (TPSA) is 74.2 Å². The van der Waals surface area contributed by atoms with E-state index in [0.29, 0.717) is 5.57 Å². The lowest BCUT2D eigenvalue weighted by Crippen LogP contribution is -2.47. The van der Waals surface area contributed by atoms with Crippen LogP contribution in [0.3, 0.4) is 0 Å². The molecule has 3 heterocycles. The van der Waals surface area contributed by atoms with Gasteiger partial charge >= 0.3 is 0 Å². The molecule has 2 aromatic carbocycles. The van der Waals surface area contributed by atoms with Gasteiger partial charge in [-0.15, -0.1) is 0 Å². The fourth-order valence-electron chi connectivity index (χ4n) is 4.30. The second-order valence-electron chi connectivity index (χ2n) is 8.74. The number of nitrogens with zero attached hydrogens (tertiary/aromatic N) is 5. The smallest absolute Gasteiger partial charge is 0.251 e. The number of anilines is 3. The Morgan fingerprint density at radius 3 is 2.37 bits per heavy atom. The van der Waals surface area contributed by atoms with E-state index in [-0.39, 0.29) is 5.91 Å². The predicted octanol–water partition coefficient (Wildman–Crippen LogP) is 4.70. The number of amides is 1. The Morgan fingerprint density at radius 1 is 0.914 bits per heavy atom. The summed E-state index contributed by atoms with van der Waals surface area (Å²) >= 11 is 0. The van der Waals surface area contributed by atoms with E-state index in [1.54, 1.807) is 12.4 Å². The summed E-state index contributed by atoms with van der Waals surface area (Å²) in [5.74, 6) is 1.64. The van der Waals surface area contributed by atoms with E-state index >= 15 is 0 Å². The third-order valence-electron chi connectivity index (χ3n) is 6.24. The van der Waals surface area contributed by atoms with Gasteiger partial charge in [0.2, 0.25) is 5.95 Å². The molecule has 5 rings (SSSR count). The van der Waals surface area contributed by atoms with Crippen LogP contribution < -0.4 is 15.1 Å². The zero-order valence-corrected chi connectivity index (χ0v) is 20.0. The molecule has 4 aromatic rings. The molecule has 35 heavy (non-hydrogen) atoms. The van der Waals surface area contributed by atoms with Gasteiger partial charge in [0.1, 0.15) is 5.82 Å². The lowest BCUT2D eigenvalue weighted by atomic mass is 10.1. The Balaban J connectivity index is 1.29. The van der Waals surface area contributed by atoms with Crippen molar-refractivity contribution in [2.75, 3.05) is 41.3 Å². The molecule has 0 bridgehead atoms.